The average molecular weight is 199 g/mol. The van der Waals surface area contributed by atoms with E-state index in [2.05, 4.69) is 11.8 Å². The molecule has 1 N–H and O–H groups in total. The topological polar surface area (TPSA) is 40.5 Å². The van der Waals surface area contributed by atoms with Gasteiger partial charge in [-0.15, -0.1) is 0 Å². The molecule has 0 aromatic rings. The van der Waals surface area contributed by atoms with Crippen LogP contribution in [0.15, 0.2) is 0 Å². The molecule has 3 nitrogen and oxygen atoms in total. The zero-order valence-electron chi connectivity index (χ0n) is 9.04. The van der Waals surface area contributed by atoms with Crippen molar-refractivity contribution in [3.05, 3.63) is 0 Å². The maximum atomic E-state index is 10.9. The molecule has 0 unspecified atom stereocenters. The van der Waals surface area contributed by atoms with Crippen molar-refractivity contribution in [3.8, 4) is 0 Å². The second-order valence-corrected chi connectivity index (χ2v) is 4.09. The molecule has 0 aliphatic carbocycles. The van der Waals surface area contributed by atoms with E-state index in [9.17, 15) is 4.79 Å². The number of carboxylic acids is 1. The van der Waals surface area contributed by atoms with Crippen molar-refractivity contribution in [3.63, 3.8) is 0 Å². The van der Waals surface area contributed by atoms with Gasteiger partial charge in [-0.05, 0) is 32.4 Å². The fourth-order valence-corrected chi connectivity index (χ4v) is 2.12. The van der Waals surface area contributed by atoms with Gasteiger partial charge in [0.15, 0.2) is 0 Å². The molecule has 0 aromatic carbocycles. The number of unbranched alkanes of at least 4 members (excludes halogenated alkanes) is 3. The molecule has 0 saturated carbocycles. The molecule has 1 aliphatic rings. The van der Waals surface area contributed by atoms with Gasteiger partial charge in [0.05, 0.1) is 0 Å². The number of hydrogen-bond donors (Lipinski definition) is 1. The number of carbonyl (C=O) groups is 1. The van der Waals surface area contributed by atoms with Gasteiger partial charge in [0.25, 0.3) is 0 Å². The lowest BCUT2D eigenvalue weighted by atomic mass is 10.2. The van der Waals surface area contributed by atoms with Gasteiger partial charge in [-0.1, -0.05) is 26.2 Å². The Balaban J connectivity index is 2.19. The van der Waals surface area contributed by atoms with Crippen LogP contribution in [0, 0.1) is 0 Å². The Labute approximate surface area is 86.1 Å². The molecular weight excluding hydrogens is 178 g/mol. The molecule has 1 fully saturated rings. The van der Waals surface area contributed by atoms with Crippen LogP contribution < -0.4 is 0 Å². The highest BCUT2D eigenvalue weighted by Gasteiger charge is 2.29. The smallest absolute Gasteiger partial charge is 0.320 e. The summed E-state index contributed by atoms with van der Waals surface area (Å²) in [7, 11) is 0. The Hall–Kier alpha value is -0.570. The minimum Gasteiger partial charge on any atom is -0.480 e. The summed E-state index contributed by atoms with van der Waals surface area (Å²) in [6.45, 7) is 4.13. The summed E-state index contributed by atoms with van der Waals surface area (Å²) in [5.41, 5.74) is 0. The van der Waals surface area contributed by atoms with Crippen LogP contribution in [0.1, 0.15) is 45.4 Å². The summed E-state index contributed by atoms with van der Waals surface area (Å²) in [5.74, 6) is -0.641. The Bertz CT molecular complexity index is 182. The first-order chi connectivity index (χ1) is 6.75. The zero-order valence-corrected chi connectivity index (χ0v) is 9.04. The van der Waals surface area contributed by atoms with E-state index < -0.39 is 5.97 Å². The maximum absolute atomic E-state index is 10.9. The molecule has 1 saturated heterocycles. The number of hydrogen-bond acceptors (Lipinski definition) is 2. The Morgan fingerprint density at radius 1 is 1.43 bits per heavy atom. The van der Waals surface area contributed by atoms with Gasteiger partial charge >= 0.3 is 5.97 Å². The Morgan fingerprint density at radius 2 is 2.21 bits per heavy atom. The van der Waals surface area contributed by atoms with E-state index >= 15 is 0 Å². The maximum Gasteiger partial charge on any atom is 0.320 e. The summed E-state index contributed by atoms with van der Waals surface area (Å²) in [5, 5.41) is 8.94. The standard InChI is InChI=1S/C11H21NO2/c1-2-3-4-5-8-12-9-6-7-10(12)11(13)14/h10H,2-9H2,1H3,(H,13,14)/t10-/m0/s1. The lowest BCUT2D eigenvalue weighted by Gasteiger charge is -2.20. The molecule has 1 aliphatic heterocycles. The number of likely N-dealkylation sites (tertiary alicyclic amines) is 1. The third-order valence-corrected chi connectivity index (χ3v) is 2.95. The lowest BCUT2D eigenvalue weighted by molar-refractivity contribution is -0.142. The first-order valence-electron chi connectivity index (χ1n) is 5.72. The average Bonchev–Trinajstić information content (AvgIpc) is 2.60. The van der Waals surface area contributed by atoms with E-state index in [0.717, 1.165) is 32.4 Å². The minimum atomic E-state index is -0.641. The highest BCUT2D eigenvalue weighted by molar-refractivity contribution is 5.73. The number of rotatable bonds is 6. The van der Waals surface area contributed by atoms with Crippen molar-refractivity contribution in [2.24, 2.45) is 0 Å². The molecule has 82 valence electrons. The van der Waals surface area contributed by atoms with Crippen molar-refractivity contribution >= 4 is 5.97 Å². The molecule has 0 aromatic heterocycles. The number of carboxylic acid groups (broad SMARTS) is 1. The summed E-state index contributed by atoms with van der Waals surface area (Å²) in [4.78, 5) is 13.0. The van der Waals surface area contributed by atoms with E-state index in [1.54, 1.807) is 0 Å². The first kappa shape index (κ1) is 11.5. The third kappa shape index (κ3) is 3.29. The van der Waals surface area contributed by atoms with Gasteiger partial charge < -0.3 is 5.11 Å². The van der Waals surface area contributed by atoms with Crippen LogP contribution in [0.5, 0.6) is 0 Å². The largest absolute Gasteiger partial charge is 0.480 e. The highest BCUT2D eigenvalue weighted by Crippen LogP contribution is 2.18. The molecule has 14 heavy (non-hydrogen) atoms. The normalized spacial score (nSPS) is 22.8. The zero-order chi connectivity index (χ0) is 10.4. The van der Waals surface area contributed by atoms with Gasteiger partial charge in [-0.25, -0.2) is 0 Å². The Kier molecular flexibility index (Phi) is 4.94. The monoisotopic (exact) mass is 199 g/mol. The van der Waals surface area contributed by atoms with Gasteiger partial charge in [-0.3, -0.25) is 9.69 Å². The minimum absolute atomic E-state index is 0.198. The molecule has 0 bridgehead atoms. The highest BCUT2D eigenvalue weighted by atomic mass is 16.4. The van der Waals surface area contributed by atoms with E-state index in [4.69, 9.17) is 5.11 Å². The predicted octanol–water partition coefficient (Wildman–Crippen LogP) is 2.12. The van der Waals surface area contributed by atoms with E-state index in [-0.39, 0.29) is 6.04 Å². The molecule has 0 radical (unpaired) electrons. The molecule has 1 heterocycles. The molecule has 1 atom stereocenters. The van der Waals surface area contributed by atoms with Crippen LogP contribution in [-0.4, -0.2) is 35.1 Å². The van der Waals surface area contributed by atoms with Crippen molar-refractivity contribution in [2.45, 2.75) is 51.5 Å². The summed E-state index contributed by atoms with van der Waals surface area (Å²) < 4.78 is 0. The molecule has 0 spiro atoms. The van der Waals surface area contributed by atoms with Gasteiger partial charge in [0.1, 0.15) is 6.04 Å². The molecule has 3 heteroatoms. The summed E-state index contributed by atoms with van der Waals surface area (Å²) >= 11 is 0. The van der Waals surface area contributed by atoms with Crippen molar-refractivity contribution in [1.29, 1.82) is 0 Å². The van der Waals surface area contributed by atoms with Crippen LogP contribution in [0.3, 0.4) is 0 Å². The molecule has 0 amide bonds. The van der Waals surface area contributed by atoms with Crippen LogP contribution in [0.4, 0.5) is 0 Å². The SMILES string of the molecule is CCCCCCN1CCC[C@H]1C(=O)O. The second-order valence-electron chi connectivity index (χ2n) is 4.09. The fourth-order valence-electron chi connectivity index (χ4n) is 2.12. The Morgan fingerprint density at radius 3 is 2.86 bits per heavy atom. The van der Waals surface area contributed by atoms with Crippen molar-refractivity contribution < 1.29 is 9.90 Å². The van der Waals surface area contributed by atoms with E-state index in [0.29, 0.717) is 0 Å². The lowest BCUT2D eigenvalue weighted by Crippen LogP contribution is -2.36. The summed E-state index contributed by atoms with van der Waals surface area (Å²) in [6, 6.07) is -0.198. The van der Waals surface area contributed by atoms with Crippen LogP contribution in [0.2, 0.25) is 0 Å². The predicted molar refractivity (Wildman–Crippen MR) is 56.4 cm³/mol. The van der Waals surface area contributed by atoms with E-state index in [1.165, 1.54) is 19.3 Å². The van der Waals surface area contributed by atoms with Crippen LogP contribution in [0.25, 0.3) is 0 Å². The summed E-state index contributed by atoms with van der Waals surface area (Å²) in [6.07, 6.45) is 6.78. The van der Waals surface area contributed by atoms with Gasteiger partial charge in [0, 0.05) is 0 Å². The molecular formula is C11H21NO2. The quantitative estimate of drug-likeness (QED) is 0.666. The van der Waals surface area contributed by atoms with Gasteiger partial charge in [-0.2, -0.15) is 0 Å². The third-order valence-electron chi connectivity index (χ3n) is 2.95. The van der Waals surface area contributed by atoms with Crippen LogP contribution in [-0.2, 0) is 4.79 Å². The van der Waals surface area contributed by atoms with E-state index in [1.807, 2.05) is 0 Å². The number of nitrogens with zero attached hydrogens (tertiary/aromatic N) is 1. The van der Waals surface area contributed by atoms with Gasteiger partial charge in [0.2, 0.25) is 0 Å². The van der Waals surface area contributed by atoms with Crippen LogP contribution >= 0.6 is 0 Å². The van der Waals surface area contributed by atoms with Crippen molar-refractivity contribution in [1.82, 2.24) is 4.90 Å². The second kappa shape index (κ2) is 6.02. The van der Waals surface area contributed by atoms with Crippen molar-refractivity contribution in [2.75, 3.05) is 13.1 Å². The molecule has 1 rings (SSSR count). The first-order valence-corrected chi connectivity index (χ1v) is 5.72. The fraction of sp³-hybridized carbons (Fsp3) is 0.909. The number of aliphatic carboxylic acids is 1.